The normalized spacial score (nSPS) is 34.8. The maximum absolute atomic E-state index is 10.9. The Bertz CT molecular complexity index is 140. The van der Waals surface area contributed by atoms with E-state index < -0.39 is 0 Å². The summed E-state index contributed by atoms with van der Waals surface area (Å²) in [4.78, 5) is 10.9. The molecule has 2 unspecified atom stereocenters. The first-order valence-electron chi connectivity index (χ1n) is 3.34. The van der Waals surface area contributed by atoms with Gasteiger partial charge in [-0.25, -0.2) is 0 Å². The van der Waals surface area contributed by atoms with E-state index in [9.17, 15) is 4.79 Å². The van der Waals surface area contributed by atoms with Gasteiger partial charge in [-0.05, 0) is 12.8 Å². The van der Waals surface area contributed by atoms with Gasteiger partial charge in [0.05, 0.1) is 5.25 Å². The fraction of sp³-hybridized carbons (Fsp3) is 0.833. The Morgan fingerprint density at radius 2 is 2.10 bits per heavy atom. The molecule has 0 radical (unpaired) electrons. The second-order valence-electron chi connectivity index (χ2n) is 2.49. The first-order valence-corrected chi connectivity index (χ1v) is 4.37. The van der Waals surface area contributed by atoms with Gasteiger partial charge in [0.15, 0.2) is 0 Å². The van der Waals surface area contributed by atoms with Crippen LogP contribution in [0.5, 0.6) is 0 Å². The fourth-order valence-electron chi connectivity index (χ4n) is 0.920. The molecule has 0 saturated carbocycles. The highest BCUT2D eigenvalue weighted by molar-refractivity contribution is 7.82. The monoisotopic (exact) mass is 177 g/mol. The summed E-state index contributed by atoms with van der Waals surface area (Å²) in [5.74, 6) is 0.0416. The van der Waals surface area contributed by atoms with Crippen LogP contribution in [0.4, 0.5) is 0 Å². The predicted octanol–water partition coefficient (Wildman–Crippen LogP) is 0.493. The number of thiol groups is 2. The van der Waals surface area contributed by atoms with Crippen molar-refractivity contribution in [1.82, 2.24) is 5.32 Å². The van der Waals surface area contributed by atoms with E-state index in [0.29, 0.717) is 11.8 Å². The molecule has 1 amide bonds. The second kappa shape index (κ2) is 3.53. The Labute approximate surface area is 71.6 Å². The van der Waals surface area contributed by atoms with Crippen LogP contribution >= 0.6 is 25.3 Å². The smallest absolute Gasteiger partial charge is 0.232 e. The summed E-state index contributed by atoms with van der Waals surface area (Å²) in [6, 6.07) is 0. The third-order valence-electron chi connectivity index (χ3n) is 1.59. The van der Waals surface area contributed by atoms with Gasteiger partial charge in [0.1, 0.15) is 0 Å². The van der Waals surface area contributed by atoms with Crippen molar-refractivity contribution in [2.75, 3.05) is 6.54 Å². The van der Waals surface area contributed by atoms with E-state index >= 15 is 0 Å². The third-order valence-corrected chi connectivity index (χ3v) is 2.52. The molecule has 0 bridgehead atoms. The van der Waals surface area contributed by atoms with Crippen molar-refractivity contribution >= 4 is 31.2 Å². The van der Waals surface area contributed by atoms with E-state index in [-0.39, 0.29) is 11.2 Å². The summed E-state index contributed by atoms with van der Waals surface area (Å²) in [6.07, 6.45) is 1.80. The zero-order valence-corrected chi connectivity index (χ0v) is 7.37. The fourth-order valence-corrected chi connectivity index (χ4v) is 1.40. The number of carbonyl (C=O) groups is 1. The van der Waals surface area contributed by atoms with Crippen LogP contribution in [0.15, 0.2) is 0 Å². The Morgan fingerprint density at radius 1 is 1.40 bits per heavy atom. The lowest BCUT2D eigenvalue weighted by Crippen LogP contribution is -2.31. The molecular weight excluding hydrogens is 166 g/mol. The van der Waals surface area contributed by atoms with Crippen LogP contribution in [0.2, 0.25) is 0 Å². The maximum atomic E-state index is 10.9. The lowest BCUT2D eigenvalue weighted by Gasteiger charge is -2.03. The standard InChI is InChI=1S/C6H11NOS2/c8-6-5(10)2-1-4(9)3-7-6/h4-5,9-10H,1-3H2,(H,7,8). The van der Waals surface area contributed by atoms with Crippen LogP contribution in [0.3, 0.4) is 0 Å². The van der Waals surface area contributed by atoms with E-state index in [1.807, 2.05) is 0 Å². The minimum atomic E-state index is -0.128. The number of carbonyl (C=O) groups excluding carboxylic acids is 1. The zero-order valence-electron chi connectivity index (χ0n) is 5.58. The van der Waals surface area contributed by atoms with Crippen molar-refractivity contribution in [2.24, 2.45) is 0 Å². The van der Waals surface area contributed by atoms with Gasteiger partial charge in [-0.1, -0.05) is 0 Å². The van der Waals surface area contributed by atoms with Crippen molar-refractivity contribution in [2.45, 2.75) is 23.3 Å². The van der Waals surface area contributed by atoms with Crippen LogP contribution in [0, 0.1) is 0 Å². The Balaban J connectivity index is 2.46. The van der Waals surface area contributed by atoms with Crippen LogP contribution < -0.4 is 5.32 Å². The predicted molar refractivity (Wildman–Crippen MR) is 47.8 cm³/mol. The Hall–Kier alpha value is 0.170. The van der Waals surface area contributed by atoms with Gasteiger partial charge in [-0.3, -0.25) is 4.79 Å². The van der Waals surface area contributed by atoms with E-state index in [4.69, 9.17) is 0 Å². The molecule has 0 aliphatic carbocycles. The zero-order chi connectivity index (χ0) is 7.56. The average molecular weight is 177 g/mol. The van der Waals surface area contributed by atoms with Crippen molar-refractivity contribution in [1.29, 1.82) is 0 Å². The molecule has 1 heterocycles. The first-order chi connectivity index (χ1) is 4.70. The number of rotatable bonds is 0. The van der Waals surface area contributed by atoms with Gasteiger partial charge >= 0.3 is 0 Å². The molecule has 0 aromatic rings. The average Bonchev–Trinajstić information content (AvgIpc) is 2.04. The molecule has 1 aliphatic heterocycles. The number of hydrogen-bond donors (Lipinski definition) is 3. The van der Waals surface area contributed by atoms with E-state index in [1.54, 1.807) is 0 Å². The van der Waals surface area contributed by atoms with Crippen molar-refractivity contribution in [3.05, 3.63) is 0 Å². The molecule has 0 aromatic heterocycles. The highest BCUT2D eigenvalue weighted by Gasteiger charge is 2.19. The topological polar surface area (TPSA) is 29.1 Å². The minimum Gasteiger partial charge on any atom is -0.354 e. The maximum Gasteiger partial charge on any atom is 0.232 e. The summed E-state index contributed by atoms with van der Waals surface area (Å²) in [5.41, 5.74) is 0. The van der Waals surface area contributed by atoms with Gasteiger partial charge < -0.3 is 5.32 Å². The molecule has 2 atom stereocenters. The molecule has 1 saturated heterocycles. The highest BCUT2D eigenvalue weighted by atomic mass is 32.1. The van der Waals surface area contributed by atoms with Crippen LogP contribution in [0.25, 0.3) is 0 Å². The summed E-state index contributed by atoms with van der Waals surface area (Å²) < 4.78 is 0. The summed E-state index contributed by atoms with van der Waals surface area (Å²) in [7, 11) is 0. The summed E-state index contributed by atoms with van der Waals surface area (Å²) >= 11 is 8.38. The molecule has 2 nitrogen and oxygen atoms in total. The molecule has 58 valence electrons. The summed E-state index contributed by atoms with van der Waals surface area (Å²) in [6.45, 7) is 0.680. The molecule has 4 heteroatoms. The van der Waals surface area contributed by atoms with Gasteiger partial charge in [0.25, 0.3) is 0 Å². The van der Waals surface area contributed by atoms with E-state index in [1.165, 1.54) is 0 Å². The van der Waals surface area contributed by atoms with Crippen molar-refractivity contribution in [3.63, 3.8) is 0 Å². The van der Waals surface area contributed by atoms with E-state index in [2.05, 4.69) is 30.6 Å². The molecule has 10 heavy (non-hydrogen) atoms. The molecule has 1 rings (SSSR count). The van der Waals surface area contributed by atoms with Crippen LogP contribution in [0.1, 0.15) is 12.8 Å². The minimum absolute atomic E-state index is 0.0416. The second-order valence-corrected chi connectivity index (χ2v) is 3.85. The molecule has 0 spiro atoms. The van der Waals surface area contributed by atoms with Crippen LogP contribution in [-0.2, 0) is 4.79 Å². The largest absolute Gasteiger partial charge is 0.354 e. The number of hydrogen-bond acceptors (Lipinski definition) is 3. The quantitative estimate of drug-likeness (QED) is 0.462. The van der Waals surface area contributed by atoms with Gasteiger partial charge in [0, 0.05) is 11.8 Å². The molecular formula is C6H11NOS2. The van der Waals surface area contributed by atoms with Crippen molar-refractivity contribution < 1.29 is 4.79 Å². The first kappa shape index (κ1) is 8.27. The highest BCUT2D eigenvalue weighted by Crippen LogP contribution is 2.14. The Kier molecular flexibility index (Phi) is 2.92. The van der Waals surface area contributed by atoms with Gasteiger partial charge in [-0.2, -0.15) is 25.3 Å². The van der Waals surface area contributed by atoms with Gasteiger partial charge in [0.2, 0.25) is 5.91 Å². The molecule has 1 aliphatic rings. The van der Waals surface area contributed by atoms with Crippen LogP contribution in [-0.4, -0.2) is 23.0 Å². The molecule has 0 aromatic carbocycles. The molecule has 1 N–H and O–H groups in total. The van der Waals surface area contributed by atoms with E-state index in [0.717, 1.165) is 12.8 Å². The van der Waals surface area contributed by atoms with Crippen molar-refractivity contribution in [3.8, 4) is 0 Å². The lowest BCUT2D eigenvalue weighted by atomic mass is 10.2. The summed E-state index contributed by atoms with van der Waals surface area (Å²) in [5, 5.41) is 2.93. The Morgan fingerprint density at radius 3 is 2.80 bits per heavy atom. The number of nitrogens with one attached hydrogen (secondary N) is 1. The lowest BCUT2D eigenvalue weighted by molar-refractivity contribution is -0.120. The molecule has 1 fully saturated rings. The number of amides is 1. The SMILES string of the molecule is O=C1NCC(S)CCC1S. The third kappa shape index (κ3) is 2.09. The van der Waals surface area contributed by atoms with Gasteiger partial charge in [-0.15, -0.1) is 0 Å².